The molecule has 0 saturated carbocycles. The number of aryl methyl sites for hydroxylation is 1. The second kappa shape index (κ2) is 11.0. The van der Waals surface area contributed by atoms with Crippen molar-refractivity contribution in [3.63, 3.8) is 0 Å². The predicted octanol–water partition coefficient (Wildman–Crippen LogP) is 5.23. The van der Waals surface area contributed by atoms with Crippen LogP contribution in [0.25, 0.3) is 0 Å². The van der Waals surface area contributed by atoms with E-state index in [-0.39, 0.29) is 27.0 Å². The van der Waals surface area contributed by atoms with Crippen LogP contribution in [0, 0.1) is 6.92 Å². The molecule has 3 aromatic rings. The lowest BCUT2D eigenvalue weighted by atomic mass is 10.1. The van der Waals surface area contributed by atoms with Gasteiger partial charge in [-0.1, -0.05) is 59.6 Å². The molecule has 6 nitrogen and oxygen atoms in total. The lowest BCUT2D eigenvalue weighted by molar-refractivity contribution is -0.117. The maximum Gasteiger partial charge on any atom is 0.242 e. The first-order chi connectivity index (χ1) is 15.7. The molecule has 0 saturated heterocycles. The Balaban J connectivity index is 1.90. The number of halogens is 2. The molecule has 3 aromatic carbocycles. The van der Waals surface area contributed by atoms with Crippen molar-refractivity contribution < 1.29 is 17.9 Å². The molecule has 0 unspecified atom stereocenters. The molecular formula is C24H24Cl2N2O4S. The number of sulfonamides is 1. The Morgan fingerprint density at radius 3 is 2.27 bits per heavy atom. The minimum atomic E-state index is -4.02. The lowest BCUT2D eigenvalue weighted by Crippen LogP contribution is -2.45. The quantitative estimate of drug-likeness (QED) is 0.416. The summed E-state index contributed by atoms with van der Waals surface area (Å²) >= 11 is 12.4. The third kappa shape index (κ3) is 6.48. The number of amides is 1. The largest absolute Gasteiger partial charge is 0.494 e. The minimum Gasteiger partial charge on any atom is -0.494 e. The van der Waals surface area contributed by atoms with Gasteiger partial charge >= 0.3 is 0 Å². The average Bonchev–Trinajstić information content (AvgIpc) is 2.78. The highest BCUT2D eigenvalue weighted by Crippen LogP contribution is 2.30. The van der Waals surface area contributed by atoms with E-state index in [9.17, 15) is 13.2 Å². The average molecular weight is 507 g/mol. The van der Waals surface area contributed by atoms with E-state index in [0.717, 1.165) is 5.56 Å². The summed E-state index contributed by atoms with van der Waals surface area (Å²) in [6, 6.07) is 17.4. The number of hydrogen-bond acceptors (Lipinski definition) is 4. The highest BCUT2D eigenvalue weighted by molar-refractivity contribution is 7.89. The molecule has 0 aliphatic rings. The van der Waals surface area contributed by atoms with E-state index in [2.05, 4.69) is 10.0 Å². The maximum atomic E-state index is 13.2. The van der Waals surface area contributed by atoms with Crippen LogP contribution in [0.1, 0.15) is 18.1 Å². The van der Waals surface area contributed by atoms with Gasteiger partial charge in [-0.25, -0.2) is 8.42 Å². The van der Waals surface area contributed by atoms with Gasteiger partial charge in [-0.2, -0.15) is 4.72 Å². The molecular weight excluding hydrogens is 483 g/mol. The van der Waals surface area contributed by atoms with Gasteiger partial charge in [0.1, 0.15) is 11.8 Å². The molecule has 0 aliphatic heterocycles. The van der Waals surface area contributed by atoms with Crippen LogP contribution in [0.15, 0.2) is 71.6 Å². The molecule has 0 aromatic heterocycles. The van der Waals surface area contributed by atoms with Gasteiger partial charge in [0.05, 0.1) is 27.2 Å². The number of carbonyl (C=O) groups excluding carboxylic acids is 1. The van der Waals surface area contributed by atoms with Crippen molar-refractivity contribution >= 4 is 44.8 Å². The highest BCUT2D eigenvalue weighted by Gasteiger charge is 2.27. The first-order valence-electron chi connectivity index (χ1n) is 10.3. The van der Waals surface area contributed by atoms with Crippen LogP contribution in [-0.2, 0) is 21.2 Å². The normalized spacial score (nSPS) is 12.2. The number of rotatable bonds is 9. The van der Waals surface area contributed by atoms with Crippen LogP contribution >= 0.6 is 23.2 Å². The minimum absolute atomic E-state index is 0.0325. The summed E-state index contributed by atoms with van der Waals surface area (Å²) in [6.07, 6.45) is 0.129. The van der Waals surface area contributed by atoms with E-state index in [1.54, 1.807) is 31.2 Å². The van der Waals surface area contributed by atoms with E-state index < -0.39 is 22.0 Å². The molecule has 0 radical (unpaired) electrons. The summed E-state index contributed by atoms with van der Waals surface area (Å²) < 4.78 is 34.3. The van der Waals surface area contributed by atoms with E-state index in [0.29, 0.717) is 17.9 Å². The molecule has 0 aliphatic carbocycles. The van der Waals surface area contributed by atoms with Gasteiger partial charge in [0, 0.05) is 0 Å². The highest BCUT2D eigenvalue weighted by atomic mass is 35.5. The van der Waals surface area contributed by atoms with Crippen molar-refractivity contribution in [3.05, 3.63) is 87.9 Å². The predicted molar refractivity (Wildman–Crippen MR) is 132 cm³/mol. The van der Waals surface area contributed by atoms with Gasteiger partial charge in [-0.3, -0.25) is 4.79 Å². The van der Waals surface area contributed by atoms with Gasteiger partial charge in [0.2, 0.25) is 15.9 Å². The molecule has 0 spiro atoms. The molecule has 174 valence electrons. The van der Waals surface area contributed by atoms with Crippen LogP contribution in [0.5, 0.6) is 5.75 Å². The number of nitrogens with one attached hydrogen (secondary N) is 2. The lowest BCUT2D eigenvalue weighted by Gasteiger charge is -2.20. The third-order valence-corrected chi connectivity index (χ3v) is 6.96. The van der Waals surface area contributed by atoms with E-state index in [1.165, 1.54) is 12.1 Å². The number of anilines is 1. The summed E-state index contributed by atoms with van der Waals surface area (Å²) in [5, 5.41) is 3.16. The van der Waals surface area contributed by atoms with Crippen LogP contribution in [0.3, 0.4) is 0 Å². The summed E-state index contributed by atoms with van der Waals surface area (Å²) in [6.45, 7) is 4.08. The van der Waals surface area contributed by atoms with Gasteiger partial charge in [0.15, 0.2) is 0 Å². The number of carbonyl (C=O) groups is 1. The van der Waals surface area contributed by atoms with Crippen LogP contribution < -0.4 is 14.8 Å². The SMILES string of the molecule is CCOc1ccc(S(=O)(=O)N[C@@H](Cc2ccccc2)C(=O)Nc2c(Cl)cccc2Cl)cc1C. The van der Waals surface area contributed by atoms with Crippen molar-refractivity contribution in [3.8, 4) is 5.75 Å². The van der Waals surface area contributed by atoms with E-state index in [1.807, 2.05) is 37.3 Å². The van der Waals surface area contributed by atoms with Gasteiger partial charge in [-0.05, 0) is 61.7 Å². The van der Waals surface area contributed by atoms with Gasteiger partial charge in [0.25, 0.3) is 0 Å². The van der Waals surface area contributed by atoms with Crippen LogP contribution in [-0.4, -0.2) is 27.0 Å². The number of benzene rings is 3. The fourth-order valence-electron chi connectivity index (χ4n) is 3.23. The molecule has 0 heterocycles. The smallest absolute Gasteiger partial charge is 0.242 e. The fourth-order valence-corrected chi connectivity index (χ4v) is 5.00. The summed E-state index contributed by atoms with van der Waals surface area (Å²) in [4.78, 5) is 13.2. The second-order valence-electron chi connectivity index (χ2n) is 7.31. The zero-order valence-corrected chi connectivity index (χ0v) is 20.5. The Morgan fingerprint density at radius 2 is 1.67 bits per heavy atom. The second-order valence-corrected chi connectivity index (χ2v) is 9.84. The molecule has 3 rings (SSSR count). The molecule has 33 heavy (non-hydrogen) atoms. The van der Waals surface area contributed by atoms with Crippen LogP contribution in [0.2, 0.25) is 10.0 Å². The molecule has 2 N–H and O–H groups in total. The van der Waals surface area contributed by atoms with Crippen molar-refractivity contribution in [2.45, 2.75) is 31.2 Å². The summed E-state index contributed by atoms with van der Waals surface area (Å²) in [5.74, 6) is 0.0171. The Morgan fingerprint density at radius 1 is 1.00 bits per heavy atom. The third-order valence-electron chi connectivity index (χ3n) is 4.86. The molecule has 1 atom stereocenters. The van der Waals surface area contributed by atoms with Crippen molar-refractivity contribution in [2.24, 2.45) is 0 Å². The molecule has 9 heteroatoms. The van der Waals surface area contributed by atoms with Crippen molar-refractivity contribution in [2.75, 3.05) is 11.9 Å². The van der Waals surface area contributed by atoms with Crippen LogP contribution in [0.4, 0.5) is 5.69 Å². The van der Waals surface area contributed by atoms with Gasteiger partial charge in [-0.15, -0.1) is 0 Å². The fraction of sp³-hybridized carbons (Fsp3) is 0.208. The zero-order chi connectivity index (χ0) is 24.0. The Hall–Kier alpha value is -2.58. The topological polar surface area (TPSA) is 84.5 Å². The first kappa shape index (κ1) is 25.1. The van der Waals surface area contributed by atoms with Crippen molar-refractivity contribution in [1.29, 1.82) is 0 Å². The molecule has 0 fully saturated rings. The maximum absolute atomic E-state index is 13.2. The van der Waals surface area contributed by atoms with Gasteiger partial charge < -0.3 is 10.1 Å². The first-order valence-corrected chi connectivity index (χ1v) is 12.5. The Labute approximate surface area is 203 Å². The summed E-state index contributed by atoms with van der Waals surface area (Å²) in [5.41, 5.74) is 1.68. The Bertz CT molecular complexity index is 1210. The number of hydrogen-bond donors (Lipinski definition) is 2. The molecule has 1 amide bonds. The monoisotopic (exact) mass is 506 g/mol. The number of para-hydroxylation sites is 1. The zero-order valence-electron chi connectivity index (χ0n) is 18.1. The van der Waals surface area contributed by atoms with E-state index >= 15 is 0 Å². The number of ether oxygens (including phenoxy) is 1. The standard InChI is InChI=1S/C24H24Cl2N2O4S/c1-3-32-22-13-12-18(14-16(22)2)33(30,31)28-21(15-17-8-5-4-6-9-17)24(29)27-23-19(25)10-7-11-20(23)26/h4-14,21,28H,3,15H2,1-2H3,(H,27,29)/t21-/m0/s1. The Kier molecular flexibility index (Phi) is 8.37. The van der Waals surface area contributed by atoms with E-state index in [4.69, 9.17) is 27.9 Å². The summed E-state index contributed by atoms with van der Waals surface area (Å²) in [7, 11) is -4.02. The molecule has 0 bridgehead atoms. The van der Waals surface area contributed by atoms with Crippen molar-refractivity contribution in [1.82, 2.24) is 4.72 Å².